The summed E-state index contributed by atoms with van der Waals surface area (Å²) < 4.78 is 10.8. The number of halogens is 1. The van der Waals surface area contributed by atoms with Crippen molar-refractivity contribution in [1.29, 1.82) is 0 Å². The van der Waals surface area contributed by atoms with Gasteiger partial charge in [0.2, 0.25) is 0 Å². The maximum absolute atomic E-state index is 13.6. The molecule has 0 amide bonds. The number of nitrogens with zero attached hydrogens (tertiary/aromatic N) is 2. The molecule has 1 atom stereocenters. The van der Waals surface area contributed by atoms with Crippen molar-refractivity contribution < 1.29 is 24.0 Å². The number of likely N-dealkylation sites (tertiary alicyclic amines) is 1. The van der Waals surface area contributed by atoms with E-state index in [0.29, 0.717) is 23.4 Å². The zero-order chi connectivity index (χ0) is 32.0. The molecule has 0 unspecified atom stereocenters. The van der Waals surface area contributed by atoms with Crippen LogP contribution in [0.15, 0.2) is 107 Å². The Morgan fingerprint density at radius 3 is 2.00 bits per heavy atom. The third kappa shape index (κ3) is 7.16. The minimum Gasteiger partial charge on any atom is -0.466 e. The Balaban J connectivity index is 0.00000480. The van der Waals surface area contributed by atoms with Crippen molar-refractivity contribution >= 4 is 30.0 Å². The SMILES string of the molecule is COC(=O)C1=C(C)NC(C)=C(C(=O)OCCCN2CCC(c3ccccc3)(c3ccccc3)CC2)[C@@H]1c1cccc([N+](=O)[O-])c1.Cl. The molecule has 242 valence electrons. The monoisotopic (exact) mass is 645 g/mol. The van der Waals surface area contributed by atoms with Gasteiger partial charge in [0.15, 0.2) is 0 Å². The topological polar surface area (TPSA) is 111 Å². The number of carbonyl (C=O) groups is 2. The van der Waals surface area contributed by atoms with E-state index in [1.54, 1.807) is 26.0 Å². The van der Waals surface area contributed by atoms with Gasteiger partial charge in [0, 0.05) is 35.5 Å². The van der Waals surface area contributed by atoms with Crippen molar-refractivity contribution in [2.45, 2.75) is 44.4 Å². The summed E-state index contributed by atoms with van der Waals surface area (Å²) in [5.74, 6) is -2.07. The van der Waals surface area contributed by atoms with Gasteiger partial charge in [0.05, 0.1) is 35.7 Å². The number of non-ortho nitro benzene ring substituents is 1. The standard InChI is InChI=1S/C36H39N3O6.ClH/c1-25-31(34(40)44-3)33(27-12-10-17-30(24-27)39(42)43)32(26(2)37-25)35(41)45-23-11-20-38-21-18-36(19-22-38,28-13-6-4-7-14-28)29-15-8-5-9-16-29;/h4-10,12-17,24,33,37H,11,18-23H2,1-3H3;1H/t33-;/m1./s1. The van der Waals surface area contributed by atoms with Gasteiger partial charge in [-0.3, -0.25) is 10.1 Å². The maximum atomic E-state index is 13.6. The second-order valence-electron chi connectivity index (χ2n) is 11.6. The molecule has 2 aliphatic heterocycles. The number of nitro groups is 1. The fourth-order valence-corrected chi connectivity index (χ4v) is 6.74. The van der Waals surface area contributed by atoms with E-state index in [4.69, 9.17) is 9.47 Å². The molecule has 10 heteroatoms. The smallest absolute Gasteiger partial charge is 0.336 e. The number of ether oxygens (including phenoxy) is 2. The number of nitrogens with one attached hydrogen (secondary N) is 1. The molecule has 1 saturated heterocycles. The Bertz CT molecular complexity index is 1570. The molecule has 0 aromatic heterocycles. The molecule has 3 aromatic carbocycles. The summed E-state index contributed by atoms with van der Waals surface area (Å²) in [6.45, 7) is 6.28. The normalized spacial score (nSPS) is 17.8. The summed E-state index contributed by atoms with van der Waals surface area (Å²) in [4.78, 5) is 39.9. The van der Waals surface area contributed by atoms with E-state index < -0.39 is 22.8 Å². The first-order valence-corrected chi connectivity index (χ1v) is 15.3. The Hall–Kier alpha value is -4.47. The first kappa shape index (κ1) is 34.4. The van der Waals surface area contributed by atoms with Crippen LogP contribution in [0.25, 0.3) is 0 Å². The number of dihydropyridines is 1. The minimum atomic E-state index is -0.878. The highest BCUT2D eigenvalue weighted by Gasteiger charge is 2.39. The van der Waals surface area contributed by atoms with Crippen LogP contribution < -0.4 is 5.32 Å². The van der Waals surface area contributed by atoms with Crippen LogP contribution >= 0.6 is 12.4 Å². The van der Waals surface area contributed by atoms with Crippen molar-refractivity contribution in [3.05, 3.63) is 134 Å². The predicted octanol–water partition coefficient (Wildman–Crippen LogP) is 6.44. The number of hydrogen-bond acceptors (Lipinski definition) is 8. The third-order valence-electron chi connectivity index (χ3n) is 9.01. The zero-order valence-electron chi connectivity index (χ0n) is 26.4. The lowest BCUT2D eigenvalue weighted by atomic mass is 9.68. The van der Waals surface area contributed by atoms with Crippen LogP contribution in [0.4, 0.5) is 5.69 Å². The molecule has 0 radical (unpaired) electrons. The molecule has 3 aromatic rings. The summed E-state index contributed by atoms with van der Waals surface area (Å²) >= 11 is 0. The molecule has 2 aliphatic rings. The van der Waals surface area contributed by atoms with Crippen LogP contribution in [0.1, 0.15) is 55.7 Å². The van der Waals surface area contributed by atoms with Gasteiger partial charge in [-0.05, 0) is 62.9 Å². The van der Waals surface area contributed by atoms with Gasteiger partial charge in [-0.2, -0.15) is 0 Å². The lowest BCUT2D eigenvalue weighted by molar-refractivity contribution is -0.384. The molecule has 0 spiro atoms. The Kier molecular flexibility index (Phi) is 11.4. The number of piperidine rings is 1. The molecule has 0 saturated carbocycles. The number of allylic oxidation sites excluding steroid dienone is 2. The number of hydrogen-bond donors (Lipinski definition) is 1. The highest BCUT2D eigenvalue weighted by atomic mass is 35.5. The average molecular weight is 646 g/mol. The third-order valence-corrected chi connectivity index (χ3v) is 9.01. The Morgan fingerprint density at radius 2 is 1.46 bits per heavy atom. The largest absolute Gasteiger partial charge is 0.466 e. The van der Waals surface area contributed by atoms with Gasteiger partial charge in [-0.15, -0.1) is 12.4 Å². The van der Waals surface area contributed by atoms with Crippen LogP contribution in [-0.4, -0.2) is 55.1 Å². The molecule has 0 bridgehead atoms. The molecular formula is C36H40ClN3O6. The summed E-state index contributed by atoms with van der Waals surface area (Å²) in [7, 11) is 1.26. The maximum Gasteiger partial charge on any atom is 0.336 e. The quantitative estimate of drug-likeness (QED) is 0.116. The summed E-state index contributed by atoms with van der Waals surface area (Å²) in [6.07, 6.45) is 2.63. The van der Waals surface area contributed by atoms with Gasteiger partial charge in [0.1, 0.15) is 0 Å². The van der Waals surface area contributed by atoms with Gasteiger partial charge in [-0.1, -0.05) is 72.8 Å². The molecule has 2 heterocycles. The Morgan fingerprint density at radius 1 is 0.891 bits per heavy atom. The van der Waals surface area contributed by atoms with E-state index in [9.17, 15) is 19.7 Å². The lowest BCUT2D eigenvalue weighted by Gasteiger charge is -2.43. The number of benzene rings is 3. The highest BCUT2D eigenvalue weighted by Crippen LogP contribution is 2.42. The zero-order valence-corrected chi connectivity index (χ0v) is 27.2. The summed E-state index contributed by atoms with van der Waals surface area (Å²) in [5.41, 5.74) is 4.42. The fourth-order valence-electron chi connectivity index (χ4n) is 6.74. The number of nitro benzene ring substituents is 1. The molecule has 1 fully saturated rings. The average Bonchev–Trinajstić information content (AvgIpc) is 3.07. The van der Waals surface area contributed by atoms with Gasteiger partial charge >= 0.3 is 11.9 Å². The van der Waals surface area contributed by atoms with Gasteiger partial charge in [0.25, 0.3) is 5.69 Å². The predicted molar refractivity (Wildman–Crippen MR) is 179 cm³/mol. The van der Waals surface area contributed by atoms with Crippen LogP contribution in [0, 0.1) is 10.1 Å². The molecule has 9 nitrogen and oxygen atoms in total. The van der Waals surface area contributed by atoms with E-state index in [-0.39, 0.29) is 41.3 Å². The number of methoxy groups -OCH3 is 1. The first-order valence-electron chi connectivity index (χ1n) is 15.3. The van der Waals surface area contributed by atoms with Crippen molar-refractivity contribution in [2.24, 2.45) is 0 Å². The number of carbonyl (C=O) groups excluding carboxylic acids is 2. The van der Waals surface area contributed by atoms with Crippen molar-refractivity contribution in [3.8, 4) is 0 Å². The van der Waals surface area contributed by atoms with E-state index in [1.807, 2.05) is 0 Å². The van der Waals surface area contributed by atoms with Gasteiger partial charge < -0.3 is 19.7 Å². The first-order chi connectivity index (χ1) is 21.7. The van der Waals surface area contributed by atoms with E-state index >= 15 is 0 Å². The molecule has 5 rings (SSSR count). The van der Waals surface area contributed by atoms with Crippen LogP contribution in [-0.2, 0) is 24.5 Å². The van der Waals surface area contributed by atoms with Crippen molar-refractivity contribution in [3.63, 3.8) is 0 Å². The molecule has 0 aliphatic carbocycles. The second kappa shape index (κ2) is 15.2. The van der Waals surface area contributed by atoms with E-state index in [2.05, 4.69) is 70.9 Å². The highest BCUT2D eigenvalue weighted by molar-refractivity contribution is 5.99. The number of esters is 2. The second-order valence-corrected chi connectivity index (χ2v) is 11.6. The van der Waals surface area contributed by atoms with Crippen LogP contribution in [0.5, 0.6) is 0 Å². The van der Waals surface area contributed by atoms with E-state index in [0.717, 1.165) is 32.5 Å². The van der Waals surface area contributed by atoms with Crippen LogP contribution in [0.3, 0.4) is 0 Å². The van der Waals surface area contributed by atoms with Crippen LogP contribution in [0.2, 0.25) is 0 Å². The fraction of sp³-hybridized carbons (Fsp3) is 0.333. The summed E-state index contributed by atoms with van der Waals surface area (Å²) in [5, 5.41) is 14.6. The molecule has 46 heavy (non-hydrogen) atoms. The van der Waals surface area contributed by atoms with E-state index in [1.165, 1.54) is 30.4 Å². The van der Waals surface area contributed by atoms with Crippen molar-refractivity contribution in [1.82, 2.24) is 10.2 Å². The number of rotatable bonds is 10. The van der Waals surface area contributed by atoms with Crippen molar-refractivity contribution in [2.75, 3.05) is 33.4 Å². The minimum absolute atomic E-state index is 0. The molecular weight excluding hydrogens is 606 g/mol. The molecule has 1 N–H and O–H groups in total. The van der Waals surface area contributed by atoms with Gasteiger partial charge in [-0.25, -0.2) is 9.59 Å². The summed E-state index contributed by atoms with van der Waals surface area (Å²) in [6, 6.07) is 27.4. The lowest BCUT2D eigenvalue weighted by Crippen LogP contribution is -2.43. The Labute approximate surface area is 275 Å².